The third kappa shape index (κ3) is 4.72. The van der Waals surface area contributed by atoms with Crippen LogP contribution in [0.4, 0.5) is 12.9 Å². The van der Waals surface area contributed by atoms with E-state index in [2.05, 4.69) is 0 Å². The van der Waals surface area contributed by atoms with Crippen LogP contribution in [0.3, 0.4) is 0 Å². The lowest BCUT2D eigenvalue weighted by Gasteiger charge is -2.29. The van der Waals surface area contributed by atoms with E-state index in [0.717, 1.165) is 0 Å². The van der Waals surface area contributed by atoms with E-state index in [1.165, 1.54) is 26.4 Å². The van der Waals surface area contributed by atoms with Crippen LogP contribution in [0.2, 0.25) is 0 Å². The van der Waals surface area contributed by atoms with Gasteiger partial charge in [0.1, 0.15) is 11.5 Å². The summed E-state index contributed by atoms with van der Waals surface area (Å²) in [6.07, 6.45) is 0. The van der Waals surface area contributed by atoms with Crippen LogP contribution in [0.25, 0.3) is 0 Å². The summed E-state index contributed by atoms with van der Waals surface area (Å²) in [4.78, 5) is 0.338. The molecule has 0 bridgehead atoms. The normalized spacial score (nSPS) is 11.8. The van der Waals surface area contributed by atoms with Gasteiger partial charge in [0.25, 0.3) is 0 Å². The zero-order valence-corrected chi connectivity index (χ0v) is 20.5. The Morgan fingerprint density at radius 1 is 0.676 bits per heavy atom. The van der Waals surface area contributed by atoms with Crippen LogP contribution in [0, 0.1) is 0 Å². The molecule has 2 nitrogen and oxygen atoms in total. The van der Waals surface area contributed by atoms with Gasteiger partial charge in [0, 0.05) is 10.5 Å². The van der Waals surface area contributed by atoms with Gasteiger partial charge < -0.3 is 9.47 Å². The molecule has 7 heteroatoms. The number of alkyl halides is 2. The molecule has 4 aromatic carbocycles. The molecule has 0 aliphatic heterocycles. The van der Waals surface area contributed by atoms with Crippen molar-refractivity contribution < 1.29 is 22.4 Å². The standard InChI is InChI=1S/C27H23F3O2SSi/c1-31-20-13-16-22(17-14-20)33-27(28,29)25-19-21(32-2)15-18-26(25)34(30,23-9-5-3-6-10-23)24-11-7-4-8-12-24/h3-19H,1-2H3. The van der Waals surface area contributed by atoms with Gasteiger partial charge in [-0.05, 0) is 63.7 Å². The summed E-state index contributed by atoms with van der Waals surface area (Å²) in [5, 5.41) is -2.63. The smallest absolute Gasteiger partial charge is 0.339 e. The summed E-state index contributed by atoms with van der Waals surface area (Å²) >= 11 is 0.369. The minimum Gasteiger partial charge on any atom is -0.497 e. The second kappa shape index (κ2) is 9.99. The van der Waals surface area contributed by atoms with Crippen LogP contribution in [0.5, 0.6) is 11.5 Å². The Balaban J connectivity index is 1.90. The van der Waals surface area contributed by atoms with E-state index < -0.39 is 19.2 Å². The van der Waals surface area contributed by atoms with E-state index in [1.54, 1.807) is 91.0 Å². The second-order valence-corrected chi connectivity index (χ2v) is 11.8. The van der Waals surface area contributed by atoms with Crippen molar-refractivity contribution in [2.24, 2.45) is 0 Å². The van der Waals surface area contributed by atoms with Gasteiger partial charge in [-0.3, -0.25) is 4.11 Å². The monoisotopic (exact) mass is 496 g/mol. The van der Waals surface area contributed by atoms with E-state index in [1.807, 2.05) is 0 Å². The molecule has 0 aliphatic rings. The average molecular weight is 497 g/mol. The van der Waals surface area contributed by atoms with Crippen molar-refractivity contribution in [3.8, 4) is 11.5 Å². The van der Waals surface area contributed by atoms with Crippen molar-refractivity contribution in [1.29, 1.82) is 0 Å². The first-order chi connectivity index (χ1) is 16.4. The predicted molar refractivity (Wildman–Crippen MR) is 134 cm³/mol. The first-order valence-corrected chi connectivity index (χ1v) is 13.3. The molecule has 0 fully saturated rings. The molecule has 4 rings (SSSR count). The first-order valence-electron chi connectivity index (χ1n) is 10.6. The number of hydrogen-bond donors (Lipinski definition) is 0. The van der Waals surface area contributed by atoms with E-state index >= 15 is 12.9 Å². The third-order valence-corrected chi connectivity index (χ3v) is 9.98. The van der Waals surface area contributed by atoms with Crippen LogP contribution < -0.4 is 25.0 Å². The summed E-state index contributed by atoms with van der Waals surface area (Å²) in [6, 6.07) is 27.8. The van der Waals surface area contributed by atoms with E-state index in [0.29, 0.717) is 32.8 Å². The highest BCUT2D eigenvalue weighted by Crippen LogP contribution is 2.45. The van der Waals surface area contributed by atoms with E-state index in [9.17, 15) is 0 Å². The number of methoxy groups -OCH3 is 2. The lowest BCUT2D eigenvalue weighted by molar-refractivity contribution is 0.106. The highest BCUT2D eigenvalue weighted by atomic mass is 32.2. The lowest BCUT2D eigenvalue weighted by Crippen LogP contribution is -2.65. The first kappa shape index (κ1) is 24.0. The van der Waals surface area contributed by atoms with Crippen LogP contribution in [-0.4, -0.2) is 22.6 Å². The zero-order chi connectivity index (χ0) is 24.2. The number of ether oxygens (including phenoxy) is 2. The van der Waals surface area contributed by atoms with Gasteiger partial charge >= 0.3 is 13.7 Å². The van der Waals surface area contributed by atoms with Gasteiger partial charge in [-0.25, -0.2) is 0 Å². The Morgan fingerprint density at radius 3 is 1.68 bits per heavy atom. The summed E-state index contributed by atoms with van der Waals surface area (Å²) in [7, 11) is -1.35. The summed E-state index contributed by atoms with van der Waals surface area (Å²) in [5.74, 6) is 0.810. The summed E-state index contributed by atoms with van der Waals surface area (Å²) in [5.41, 5.74) is -0.394. The number of thioether (sulfide) groups is 1. The van der Waals surface area contributed by atoms with Gasteiger partial charge in [0.15, 0.2) is 0 Å². The summed E-state index contributed by atoms with van der Waals surface area (Å²) < 4.78 is 59.5. The van der Waals surface area contributed by atoms with Gasteiger partial charge in [-0.15, -0.1) is 0 Å². The molecule has 4 aromatic rings. The molecule has 0 aliphatic carbocycles. The molecule has 0 atom stereocenters. The fraction of sp³-hybridized carbons (Fsp3) is 0.111. The van der Waals surface area contributed by atoms with Gasteiger partial charge in [0.2, 0.25) is 0 Å². The average Bonchev–Trinajstić information content (AvgIpc) is 2.89. The quantitative estimate of drug-likeness (QED) is 0.139. The number of rotatable bonds is 8. The van der Waals surface area contributed by atoms with Crippen molar-refractivity contribution >= 4 is 35.7 Å². The molecular weight excluding hydrogens is 473 g/mol. The Labute approximate surface area is 202 Å². The highest BCUT2D eigenvalue weighted by molar-refractivity contribution is 8.00. The van der Waals surface area contributed by atoms with Crippen molar-refractivity contribution in [2.75, 3.05) is 14.2 Å². The fourth-order valence-corrected chi connectivity index (χ4v) is 7.96. The maximum atomic E-state index is 17.4. The molecule has 0 aromatic heterocycles. The van der Waals surface area contributed by atoms with Crippen LogP contribution in [-0.2, 0) is 5.25 Å². The van der Waals surface area contributed by atoms with Crippen molar-refractivity contribution in [2.45, 2.75) is 10.2 Å². The topological polar surface area (TPSA) is 18.5 Å². The minimum absolute atomic E-state index is 0.00304. The molecule has 0 saturated carbocycles. The van der Waals surface area contributed by atoms with Crippen molar-refractivity contribution in [1.82, 2.24) is 0 Å². The predicted octanol–water partition coefficient (Wildman–Crippen LogP) is 5.48. The van der Waals surface area contributed by atoms with Gasteiger partial charge in [0.05, 0.1) is 14.2 Å². The van der Waals surface area contributed by atoms with Crippen LogP contribution >= 0.6 is 11.8 Å². The molecule has 0 amide bonds. The minimum atomic E-state index is -4.27. The number of halogens is 3. The summed E-state index contributed by atoms with van der Waals surface area (Å²) in [6.45, 7) is 0. The molecule has 0 unspecified atom stereocenters. The zero-order valence-electron chi connectivity index (χ0n) is 18.7. The van der Waals surface area contributed by atoms with E-state index in [4.69, 9.17) is 9.47 Å². The molecular formula is C27H23F3O2SSi. The molecule has 174 valence electrons. The number of hydrogen-bond acceptors (Lipinski definition) is 3. The SMILES string of the molecule is COc1ccc(SC(F)(F)c2cc(OC)ccc2[Si](F)(c2ccccc2)c2ccccc2)cc1. The molecule has 0 saturated heterocycles. The molecule has 0 radical (unpaired) electrons. The van der Waals surface area contributed by atoms with Crippen LogP contribution in [0.1, 0.15) is 5.56 Å². The Hall–Kier alpha value is -3.16. The fourth-order valence-electron chi connectivity index (χ4n) is 3.85. The lowest BCUT2D eigenvalue weighted by atomic mass is 10.2. The van der Waals surface area contributed by atoms with Gasteiger partial charge in [-0.2, -0.15) is 8.78 Å². The molecule has 0 spiro atoms. The molecule has 0 heterocycles. The maximum Gasteiger partial charge on any atom is 0.339 e. The highest BCUT2D eigenvalue weighted by Gasteiger charge is 2.48. The Bertz CT molecular complexity index is 1200. The maximum absolute atomic E-state index is 17.4. The second-order valence-electron chi connectivity index (χ2n) is 7.60. The molecule has 0 N–H and O–H groups in total. The number of benzene rings is 4. The van der Waals surface area contributed by atoms with Crippen molar-refractivity contribution in [3.63, 3.8) is 0 Å². The van der Waals surface area contributed by atoms with E-state index in [-0.39, 0.29) is 10.9 Å². The Kier molecular flexibility index (Phi) is 7.04. The largest absolute Gasteiger partial charge is 0.497 e. The third-order valence-electron chi connectivity index (χ3n) is 5.56. The van der Waals surface area contributed by atoms with Crippen LogP contribution in [0.15, 0.2) is 108 Å². The van der Waals surface area contributed by atoms with Crippen molar-refractivity contribution in [3.05, 3.63) is 109 Å². The Morgan fingerprint density at radius 2 is 1.18 bits per heavy atom. The van der Waals surface area contributed by atoms with Gasteiger partial charge in [-0.1, -0.05) is 66.7 Å². The molecule has 34 heavy (non-hydrogen) atoms.